The average Bonchev–Trinajstić information content (AvgIpc) is 3.70. The Balaban J connectivity index is 1.17. The number of fused-ring (bicyclic) bond motifs is 8. The summed E-state index contributed by atoms with van der Waals surface area (Å²) in [7, 11) is 0. The van der Waals surface area contributed by atoms with Gasteiger partial charge in [-0.25, -0.2) is 15.0 Å². The number of furan rings is 1. The summed E-state index contributed by atoms with van der Waals surface area (Å²) in [6.45, 7) is 0. The molecule has 0 N–H and O–H groups in total. The number of hydrogen-bond acceptors (Lipinski definition) is 4. The summed E-state index contributed by atoms with van der Waals surface area (Å²) in [4.78, 5) is 16.3. The van der Waals surface area contributed by atoms with E-state index in [-0.39, 0.29) is 0 Å². The van der Waals surface area contributed by atoms with Gasteiger partial charge in [-0.05, 0) is 89.6 Å². The third-order valence-electron chi connectivity index (χ3n) is 11.7. The lowest BCUT2D eigenvalue weighted by Gasteiger charge is -2.17. The van der Waals surface area contributed by atoms with E-state index in [1.165, 1.54) is 32.3 Å². The molecular formula is C55H33N3O. The van der Waals surface area contributed by atoms with Crippen LogP contribution in [-0.2, 0) is 0 Å². The van der Waals surface area contributed by atoms with Crippen molar-refractivity contribution in [3.05, 3.63) is 200 Å². The first-order chi connectivity index (χ1) is 29.2. The monoisotopic (exact) mass is 751 g/mol. The van der Waals surface area contributed by atoms with Gasteiger partial charge in [-0.1, -0.05) is 176 Å². The van der Waals surface area contributed by atoms with E-state index in [1.54, 1.807) is 0 Å². The third-order valence-corrected chi connectivity index (χ3v) is 11.7. The van der Waals surface area contributed by atoms with E-state index in [1.807, 2.05) is 18.2 Å². The minimum absolute atomic E-state index is 0.547. The van der Waals surface area contributed by atoms with Gasteiger partial charge in [0.2, 0.25) is 0 Å². The molecule has 2 aromatic heterocycles. The van der Waals surface area contributed by atoms with Crippen molar-refractivity contribution in [2.24, 2.45) is 0 Å². The molecule has 12 aromatic rings. The maximum Gasteiger partial charge on any atom is 0.167 e. The minimum atomic E-state index is 0.547. The zero-order valence-electron chi connectivity index (χ0n) is 31.8. The van der Waals surface area contributed by atoms with Gasteiger partial charge in [0, 0.05) is 21.9 Å². The fourth-order valence-corrected chi connectivity index (χ4v) is 8.95. The van der Waals surface area contributed by atoms with Gasteiger partial charge in [0.1, 0.15) is 11.2 Å². The van der Waals surface area contributed by atoms with Crippen molar-refractivity contribution < 1.29 is 4.42 Å². The molecule has 0 unspecified atom stereocenters. The molecule has 0 saturated heterocycles. The number of hydrogen-bond donors (Lipinski definition) is 0. The summed E-state index contributed by atoms with van der Waals surface area (Å²) in [6, 6.07) is 70.5. The summed E-state index contributed by atoms with van der Waals surface area (Å²) in [5.74, 6) is 1.73. The van der Waals surface area contributed by atoms with E-state index in [0.717, 1.165) is 71.7 Å². The van der Waals surface area contributed by atoms with Crippen LogP contribution in [0.5, 0.6) is 0 Å². The van der Waals surface area contributed by atoms with E-state index in [9.17, 15) is 0 Å². The lowest BCUT2D eigenvalue weighted by Crippen LogP contribution is -2.03. The molecule has 0 amide bonds. The molecule has 0 aliphatic heterocycles. The smallest absolute Gasteiger partial charge is 0.167 e. The second kappa shape index (κ2) is 13.3. The van der Waals surface area contributed by atoms with Crippen LogP contribution in [0.3, 0.4) is 0 Å². The third kappa shape index (κ3) is 5.42. The first kappa shape index (κ1) is 33.2. The van der Waals surface area contributed by atoms with Crippen LogP contribution in [0, 0.1) is 0 Å². The van der Waals surface area contributed by atoms with Crippen LogP contribution >= 0.6 is 0 Å². The SMILES string of the molecule is c1ccc(-c2cc3ccccc3c3ccccc23)c(-c2nc(-c3c(-c4ccc5ccccc5c4)ccc4ccccc34)nc(-c3cccc4c3oc3ccccc34)n2)c1. The Morgan fingerprint density at radius 1 is 0.288 bits per heavy atom. The van der Waals surface area contributed by atoms with Gasteiger partial charge in [-0.2, -0.15) is 0 Å². The largest absolute Gasteiger partial charge is 0.455 e. The van der Waals surface area contributed by atoms with Crippen molar-refractivity contribution in [2.75, 3.05) is 0 Å². The van der Waals surface area contributed by atoms with E-state index >= 15 is 0 Å². The predicted molar refractivity (Wildman–Crippen MR) is 244 cm³/mol. The molecule has 12 rings (SSSR count). The Morgan fingerprint density at radius 3 is 1.71 bits per heavy atom. The van der Waals surface area contributed by atoms with Crippen LogP contribution in [0.4, 0.5) is 0 Å². The van der Waals surface area contributed by atoms with Gasteiger partial charge in [0.25, 0.3) is 0 Å². The second-order valence-corrected chi connectivity index (χ2v) is 15.1. The summed E-state index contributed by atoms with van der Waals surface area (Å²) < 4.78 is 6.62. The highest BCUT2D eigenvalue weighted by molar-refractivity contribution is 6.15. The standard InChI is InChI=1S/C55H33N3O/c1-2-16-36-32-38(29-28-34(36)14-1)41-31-30-35-15-3-6-19-40(35)51(41)55-57-53(56-54(58-55)48-26-13-25-46-45-23-11-12-27-50(45)59-52(46)48)47-24-10-9-22-44(47)49-33-37-17-4-5-18-39(37)42-20-7-8-21-43(42)49/h1-33H. The van der Waals surface area contributed by atoms with E-state index < -0.39 is 0 Å². The van der Waals surface area contributed by atoms with Crippen molar-refractivity contribution in [3.8, 4) is 56.4 Å². The molecule has 10 aromatic carbocycles. The van der Waals surface area contributed by atoms with Crippen molar-refractivity contribution in [2.45, 2.75) is 0 Å². The summed E-state index contributed by atoms with van der Waals surface area (Å²) in [6.07, 6.45) is 0. The lowest BCUT2D eigenvalue weighted by atomic mass is 9.90. The van der Waals surface area contributed by atoms with Gasteiger partial charge < -0.3 is 4.42 Å². The second-order valence-electron chi connectivity index (χ2n) is 15.1. The maximum atomic E-state index is 6.62. The van der Waals surface area contributed by atoms with Crippen LogP contribution in [0.1, 0.15) is 0 Å². The average molecular weight is 752 g/mol. The number of aromatic nitrogens is 3. The molecule has 0 radical (unpaired) electrons. The molecule has 0 aliphatic carbocycles. The van der Waals surface area contributed by atoms with E-state index in [2.05, 4.69) is 182 Å². The molecule has 0 fully saturated rings. The highest BCUT2D eigenvalue weighted by atomic mass is 16.3. The van der Waals surface area contributed by atoms with Crippen LogP contribution in [0.25, 0.3) is 121 Å². The van der Waals surface area contributed by atoms with Gasteiger partial charge in [0.15, 0.2) is 17.5 Å². The fourth-order valence-electron chi connectivity index (χ4n) is 8.95. The molecule has 0 aliphatic rings. The van der Waals surface area contributed by atoms with Crippen molar-refractivity contribution >= 4 is 65.0 Å². The van der Waals surface area contributed by atoms with Crippen LogP contribution in [0.15, 0.2) is 205 Å². The van der Waals surface area contributed by atoms with Gasteiger partial charge >= 0.3 is 0 Å². The molecule has 4 heteroatoms. The Bertz CT molecular complexity index is 3640. The van der Waals surface area contributed by atoms with Crippen LogP contribution < -0.4 is 0 Å². The van der Waals surface area contributed by atoms with Gasteiger partial charge in [-0.15, -0.1) is 0 Å². The van der Waals surface area contributed by atoms with E-state index in [4.69, 9.17) is 19.4 Å². The van der Waals surface area contributed by atoms with Crippen LogP contribution in [-0.4, -0.2) is 15.0 Å². The van der Waals surface area contributed by atoms with E-state index in [0.29, 0.717) is 17.5 Å². The Hall–Kier alpha value is -7.95. The first-order valence-corrected chi connectivity index (χ1v) is 19.9. The Labute approximate surface area is 339 Å². The van der Waals surface area contributed by atoms with Crippen LogP contribution in [0.2, 0.25) is 0 Å². The summed E-state index contributed by atoms with van der Waals surface area (Å²) >= 11 is 0. The molecule has 0 spiro atoms. The Kier molecular flexibility index (Phi) is 7.50. The summed E-state index contributed by atoms with van der Waals surface area (Å²) in [5.41, 5.74) is 8.57. The number of rotatable bonds is 5. The molecule has 0 bridgehead atoms. The molecule has 2 heterocycles. The zero-order chi connectivity index (χ0) is 38.9. The number of para-hydroxylation sites is 2. The molecule has 274 valence electrons. The quantitative estimate of drug-likeness (QED) is 0.164. The predicted octanol–water partition coefficient (Wildman–Crippen LogP) is 14.7. The lowest BCUT2D eigenvalue weighted by molar-refractivity contribution is 0.669. The molecule has 4 nitrogen and oxygen atoms in total. The van der Waals surface area contributed by atoms with Gasteiger partial charge in [0.05, 0.1) is 5.56 Å². The summed E-state index contributed by atoms with van der Waals surface area (Å²) in [5, 5.41) is 11.4. The molecule has 0 saturated carbocycles. The number of nitrogens with zero attached hydrogens (tertiary/aromatic N) is 3. The maximum absolute atomic E-state index is 6.62. The number of benzene rings is 10. The Morgan fingerprint density at radius 2 is 0.864 bits per heavy atom. The highest BCUT2D eigenvalue weighted by Crippen LogP contribution is 2.43. The first-order valence-electron chi connectivity index (χ1n) is 19.9. The van der Waals surface area contributed by atoms with Gasteiger partial charge in [-0.3, -0.25) is 0 Å². The molecule has 0 atom stereocenters. The molecule has 59 heavy (non-hydrogen) atoms. The normalized spacial score (nSPS) is 11.7. The molecular weight excluding hydrogens is 719 g/mol. The minimum Gasteiger partial charge on any atom is -0.455 e. The fraction of sp³-hybridized carbons (Fsp3) is 0. The topological polar surface area (TPSA) is 51.8 Å². The van der Waals surface area contributed by atoms with Crippen molar-refractivity contribution in [3.63, 3.8) is 0 Å². The van der Waals surface area contributed by atoms with Crippen molar-refractivity contribution in [1.29, 1.82) is 0 Å². The van der Waals surface area contributed by atoms with Crippen molar-refractivity contribution in [1.82, 2.24) is 15.0 Å². The highest BCUT2D eigenvalue weighted by Gasteiger charge is 2.23. The zero-order valence-corrected chi connectivity index (χ0v) is 31.8.